The fourth-order valence-corrected chi connectivity index (χ4v) is 1.49. The van der Waals surface area contributed by atoms with Gasteiger partial charge in [0.15, 0.2) is 0 Å². The second kappa shape index (κ2) is 5.77. The number of azide groups is 1. The Kier molecular flexibility index (Phi) is 4.63. The van der Waals surface area contributed by atoms with Gasteiger partial charge in [0.1, 0.15) is 5.60 Å². The molecule has 0 saturated heterocycles. The molecule has 6 heteroatoms. The third kappa shape index (κ3) is 5.45. The molecule has 0 radical (unpaired) electrons. The molecule has 0 spiro atoms. The second-order valence-corrected chi connectivity index (χ2v) is 5.21. The molecule has 0 aliphatic heterocycles. The summed E-state index contributed by atoms with van der Waals surface area (Å²) < 4.78 is 5.34. The van der Waals surface area contributed by atoms with Crippen LogP contribution in [0.4, 0.5) is 4.79 Å². The zero-order valence-corrected chi connectivity index (χ0v) is 10.7. The molecule has 0 N–H and O–H groups in total. The summed E-state index contributed by atoms with van der Waals surface area (Å²) in [5, 5.41) is 3.46. The van der Waals surface area contributed by atoms with Gasteiger partial charge in [0.25, 0.3) is 0 Å². The van der Waals surface area contributed by atoms with Crippen LogP contribution < -0.4 is 0 Å². The monoisotopic (exact) mass is 240 g/mol. The van der Waals surface area contributed by atoms with Gasteiger partial charge in [0.05, 0.1) is 0 Å². The molecule has 0 bridgehead atoms. The summed E-state index contributed by atoms with van der Waals surface area (Å²) in [5.74, 6) is 0. The lowest BCUT2D eigenvalue weighted by atomic mass is 10.2. The lowest BCUT2D eigenvalue weighted by molar-refractivity contribution is 0.0233. The first-order chi connectivity index (χ1) is 7.94. The van der Waals surface area contributed by atoms with Crippen molar-refractivity contribution < 1.29 is 9.53 Å². The highest BCUT2D eigenvalue weighted by Crippen LogP contribution is 2.28. The maximum absolute atomic E-state index is 11.9. The van der Waals surface area contributed by atoms with Crippen LogP contribution in [-0.4, -0.2) is 35.7 Å². The van der Waals surface area contributed by atoms with Gasteiger partial charge in [-0.15, -0.1) is 0 Å². The van der Waals surface area contributed by atoms with E-state index in [-0.39, 0.29) is 6.09 Å². The van der Waals surface area contributed by atoms with E-state index in [0.717, 1.165) is 12.8 Å². The lowest BCUT2D eigenvalue weighted by Gasteiger charge is -2.27. The molecule has 1 aliphatic carbocycles. The third-order valence-corrected chi connectivity index (χ3v) is 2.34. The molecule has 1 aliphatic rings. The van der Waals surface area contributed by atoms with Crippen LogP contribution in [0.25, 0.3) is 10.4 Å². The summed E-state index contributed by atoms with van der Waals surface area (Å²) in [6.45, 7) is 6.59. The molecule has 96 valence electrons. The molecular formula is C11H20N4O2. The minimum absolute atomic E-state index is 0.263. The predicted octanol–water partition coefficient (Wildman–Crippen LogP) is 3.09. The van der Waals surface area contributed by atoms with Crippen LogP contribution in [0.15, 0.2) is 5.11 Å². The summed E-state index contributed by atoms with van der Waals surface area (Å²) in [5.41, 5.74) is 7.70. The van der Waals surface area contributed by atoms with Crippen molar-refractivity contribution >= 4 is 6.09 Å². The summed E-state index contributed by atoms with van der Waals surface area (Å²) in [4.78, 5) is 16.3. The molecule has 1 fully saturated rings. The average Bonchev–Trinajstić information content (AvgIpc) is 2.98. The normalized spacial score (nSPS) is 15.0. The molecule has 0 aromatic rings. The first-order valence-electron chi connectivity index (χ1n) is 5.94. The summed E-state index contributed by atoms with van der Waals surface area (Å²) in [6, 6.07) is 0.316. The first kappa shape index (κ1) is 13.6. The first-order valence-corrected chi connectivity index (χ1v) is 5.94. The minimum atomic E-state index is -0.463. The second-order valence-electron chi connectivity index (χ2n) is 5.21. The van der Waals surface area contributed by atoms with Crippen LogP contribution >= 0.6 is 0 Å². The SMILES string of the molecule is CC(C)(C)OC(=O)N(CCCN=[N+]=[N-])C1CC1. The number of rotatable bonds is 5. The van der Waals surface area contributed by atoms with E-state index in [4.69, 9.17) is 10.3 Å². The number of carbonyl (C=O) groups excluding carboxylic acids is 1. The van der Waals surface area contributed by atoms with Gasteiger partial charge in [-0.3, -0.25) is 0 Å². The summed E-state index contributed by atoms with van der Waals surface area (Å²) in [7, 11) is 0. The summed E-state index contributed by atoms with van der Waals surface area (Å²) >= 11 is 0. The van der Waals surface area contributed by atoms with Gasteiger partial charge in [-0.2, -0.15) is 0 Å². The van der Waals surface area contributed by atoms with E-state index in [1.807, 2.05) is 20.8 Å². The van der Waals surface area contributed by atoms with Crippen molar-refractivity contribution in [3.63, 3.8) is 0 Å². The molecule has 0 unspecified atom stereocenters. The van der Waals surface area contributed by atoms with Crippen molar-refractivity contribution in [2.24, 2.45) is 5.11 Å². The Hall–Kier alpha value is -1.42. The predicted molar refractivity (Wildman–Crippen MR) is 64.6 cm³/mol. The van der Waals surface area contributed by atoms with Gasteiger partial charge >= 0.3 is 6.09 Å². The van der Waals surface area contributed by atoms with Gasteiger partial charge < -0.3 is 9.64 Å². The Morgan fingerprint density at radius 2 is 2.18 bits per heavy atom. The molecule has 0 heterocycles. The van der Waals surface area contributed by atoms with Crippen LogP contribution in [-0.2, 0) is 4.74 Å². The Balaban J connectivity index is 2.42. The van der Waals surface area contributed by atoms with E-state index in [9.17, 15) is 4.79 Å². The van der Waals surface area contributed by atoms with E-state index in [0.29, 0.717) is 25.6 Å². The molecule has 6 nitrogen and oxygen atoms in total. The highest BCUT2D eigenvalue weighted by atomic mass is 16.6. The maximum Gasteiger partial charge on any atom is 0.410 e. The van der Waals surface area contributed by atoms with Crippen LogP contribution in [0.3, 0.4) is 0 Å². The van der Waals surface area contributed by atoms with Crippen LogP contribution in [0.5, 0.6) is 0 Å². The highest BCUT2D eigenvalue weighted by Gasteiger charge is 2.34. The zero-order valence-electron chi connectivity index (χ0n) is 10.7. The Labute approximate surface area is 102 Å². The average molecular weight is 240 g/mol. The molecule has 1 saturated carbocycles. The maximum atomic E-state index is 11.9. The third-order valence-electron chi connectivity index (χ3n) is 2.34. The number of ether oxygens (including phenoxy) is 1. The van der Waals surface area contributed by atoms with Gasteiger partial charge in [-0.1, -0.05) is 5.11 Å². The van der Waals surface area contributed by atoms with Crippen LogP contribution in [0.2, 0.25) is 0 Å². The fraction of sp³-hybridized carbons (Fsp3) is 0.909. The van der Waals surface area contributed by atoms with Crippen LogP contribution in [0, 0.1) is 0 Å². The fourth-order valence-electron chi connectivity index (χ4n) is 1.49. The van der Waals surface area contributed by atoms with Crippen molar-refractivity contribution in [1.29, 1.82) is 0 Å². The molecule has 0 aromatic carbocycles. The largest absolute Gasteiger partial charge is 0.444 e. The Bertz CT molecular complexity index is 314. The zero-order chi connectivity index (χ0) is 12.9. The van der Waals surface area contributed by atoms with Gasteiger partial charge in [0, 0.05) is 24.0 Å². The molecule has 1 amide bonds. The Morgan fingerprint density at radius 1 is 1.53 bits per heavy atom. The highest BCUT2D eigenvalue weighted by molar-refractivity contribution is 5.69. The van der Waals surface area contributed by atoms with E-state index in [2.05, 4.69) is 10.0 Å². The lowest BCUT2D eigenvalue weighted by Crippen LogP contribution is -2.39. The topological polar surface area (TPSA) is 78.3 Å². The number of nitrogens with zero attached hydrogens (tertiary/aromatic N) is 4. The number of hydrogen-bond acceptors (Lipinski definition) is 3. The quantitative estimate of drug-likeness (QED) is 0.320. The molecule has 0 aromatic heterocycles. The molecular weight excluding hydrogens is 220 g/mol. The smallest absolute Gasteiger partial charge is 0.410 e. The van der Waals surface area contributed by atoms with Gasteiger partial charge in [0.2, 0.25) is 0 Å². The van der Waals surface area contributed by atoms with Crippen molar-refractivity contribution in [2.45, 2.75) is 51.7 Å². The van der Waals surface area contributed by atoms with Crippen molar-refractivity contribution in [1.82, 2.24) is 4.90 Å². The van der Waals surface area contributed by atoms with Crippen molar-refractivity contribution in [2.75, 3.05) is 13.1 Å². The summed E-state index contributed by atoms with van der Waals surface area (Å²) in [6.07, 6.45) is 2.50. The Morgan fingerprint density at radius 3 is 2.65 bits per heavy atom. The van der Waals surface area contributed by atoms with Crippen molar-refractivity contribution in [3.8, 4) is 0 Å². The van der Waals surface area contributed by atoms with Crippen LogP contribution in [0.1, 0.15) is 40.0 Å². The van der Waals surface area contributed by atoms with E-state index in [1.54, 1.807) is 4.90 Å². The van der Waals surface area contributed by atoms with E-state index < -0.39 is 5.60 Å². The van der Waals surface area contributed by atoms with E-state index >= 15 is 0 Å². The van der Waals surface area contributed by atoms with Gasteiger partial charge in [-0.25, -0.2) is 4.79 Å². The van der Waals surface area contributed by atoms with Gasteiger partial charge in [-0.05, 0) is 45.6 Å². The minimum Gasteiger partial charge on any atom is -0.444 e. The number of hydrogen-bond donors (Lipinski definition) is 0. The molecule has 1 rings (SSSR count). The number of amides is 1. The number of carbonyl (C=O) groups is 1. The van der Waals surface area contributed by atoms with Crippen molar-refractivity contribution in [3.05, 3.63) is 10.4 Å². The molecule has 17 heavy (non-hydrogen) atoms. The standard InChI is InChI=1S/C11H20N4O2/c1-11(2,3)17-10(16)15(9-5-6-9)8-4-7-13-14-12/h9H,4-8H2,1-3H3. The molecule has 0 atom stereocenters. The van der Waals surface area contributed by atoms with E-state index in [1.165, 1.54) is 0 Å².